The van der Waals surface area contributed by atoms with Gasteiger partial charge < -0.3 is 10.6 Å². The highest BCUT2D eigenvalue weighted by Gasteiger charge is 2.31. The Morgan fingerprint density at radius 3 is 2.78 bits per heavy atom. The Balaban J connectivity index is 2.14. The van der Waals surface area contributed by atoms with Gasteiger partial charge in [-0.3, -0.25) is 4.79 Å². The van der Waals surface area contributed by atoms with Crippen molar-refractivity contribution in [1.82, 2.24) is 14.6 Å². The minimum Gasteiger partial charge on any atom is -0.383 e. The van der Waals surface area contributed by atoms with Gasteiger partial charge in [0.05, 0.1) is 5.02 Å². The maximum atomic E-state index is 12.5. The van der Waals surface area contributed by atoms with Crippen LogP contribution in [0.2, 0.25) is 5.02 Å². The number of amides is 1. The number of hydrogen-bond donors (Lipinski definition) is 2. The number of sulfonamides is 1. The van der Waals surface area contributed by atoms with Crippen LogP contribution in [0.25, 0.3) is 0 Å². The van der Waals surface area contributed by atoms with E-state index in [2.05, 4.69) is 9.71 Å². The predicted octanol–water partition coefficient (Wildman–Crippen LogP) is 1.24. The second kappa shape index (κ2) is 7.02. The van der Waals surface area contributed by atoms with E-state index in [1.807, 2.05) is 0 Å². The first kappa shape index (κ1) is 18.0. The smallest absolute Gasteiger partial charge is 0.244 e. The van der Waals surface area contributed by atoms with Crippen molar-refractivity contribution in [1.29, 1.82) is 0 Å². The van der Waals surface area contributed by atoms with E-state index in [1.165, 1.54) is 12.3 Å². The second-order valence-electron chi connectivity index (χ2n) is 5.95. The van der Waals surface area contributed by atoms with Crippen LogP contribution in [-0.4, -0.2) is 44.3 Å². The van der Waals surface area contributed by atoms with Crippen LogP contribution < -0.4 is 10.5 Å². The first-order valence-corrected chi connectivity index (χ1v) is 9.21. The van der Waals surface area contributed by atoms with Crippen LogP contribution in [0.4, 0.5) is 5.82 Å². The highest BCUT2D eigenvalue weighted by molar-refractivity contribution is 7.89. The van der Waals surface area contributed by atoms with Gasteiger partial charge in [-0.2, -0.15) is 0 Å². The Kier molecular flexibility index (Phi) is 5.49. The molecule has 1 heterocycles. The number of nitrogen functional groups attached to an aromatic ring is 1. The molecule has 3 N–H and O–H groups in total. The molecule has 9 heteroatoms. The second-order valence-corrected chi connectivity index (χ2v) is 8.07. The summed E-state index contributed by atoms with van der Waals surface area (Å²) in [7, 11) is -0.424. The van der Waals surface area contributed by atoms with Crippen molar-refractivity contribution in [3.63, 3.8) is 0 Å². The average molecular weight is 361 g/mol. The van der Waals surface area contributed by atoms with Crippen molar-refractivity contribution in [2.24, 2.45) is 5.92 Å². The maximum absolute atomic E-state index is 12.5. The highest BCUT2D eigenvalue weighted by atomic mass is 35.5. The minimum absolute atomic E-state index is 0.0258. The lowest BCUT2D eigenvalue weighted by Gasteiger charge is -2.30. The van der Waals surface area contributed by atoms with Crippen molar-refractivity contribution < 1.29 is 13.2 Å². The molecule has 0 saturated heterocycles. The third kappa shape index (κ3) is 4.33. The summed E-state index contributed by atoms with van der Waals surface area (Å²) >= 11 is 5.80. The molecule has 128 valence electrons. The standard InChI is InChI=1S/C14H21ClN4O3S/c1-19(2)14(20)9-4-3-5-11(6-9)18-23(21,22)12-7-10(15)8-17-13(12)16/h7-9,11,18H,3-6H2,1-2H3,(H2,16,17). The summed E-state index contributed by atoms with van der Waals surface area (Å²) in [6, 6.07) is 0.971. The molecule has 0 aliphatic heterocycles. The van der Waals surface area contributed by atoms with E-state index in [9.17, 15) is 13.2 Å². The summed E-state index contributed by atoms with van der Waals surface area (Å²) in [6.45, 7) is 0. The number of carbonyl (C=O) groups excluding carboxylic acids is 1. The van der Waals surface area contributed by atoms with E-state index in [1.54, 1.807) is 19.0 Å². The molecule has 1 fully saturated rings. The van der Waals surface area contributed by atoms with Gasteiger partial charge in [0.15, 0.2) is 0 Å². The summed E-state index contributed by atoms with van der Waals surface area (Å²) in [5.74, 6) is -0.238. The molecule has 0 bridgehead atoms. The van der Waals surface area contributed by atoms with Gasteiger partial charge in [-0.05, 0) is 25.3 Å². The lowest BCUT2D eigenvalue weighted by Crippen LogP contribution is -2.42. The molecule has 0 radical (unpaired) electrons. The summed E-state index contributed by atoms with van der Waals surface area (Å²) in [5, 5.41) is 0.198. The van der Waals surface area contributed by atoms with E-state index in [4.69, 9.17) is 17.3 Å². The molecular formula is C14H21ClN4O3S. The number of carbonyl (C=O) groups is 1. The topological polar surface area (TPSA) is 105 Å². The molecule has 1 aliphatic rings. The lowest BCUT2D eigenvalue weighted by molar-refractivity contribution is -0.134. The number of hydrogen-bond acceptors (Lipinski definition) is 5. The Morgan fingerprint density at radius 2 is 2.13 bits per heavy atom. The number of halogens is 1. The van der Waals surface area contributed by atoms with Gasteiger partial charge in [-0.1, -0.05) is 18.0 Å². The largest absolute Gasteiger partial charge is 0.383 e. The van der Waals surface area contributed by atoms with Crippen LogP contribution in [0.5, 0.6) is 0 Å². The van der Waals surface area contributed by atoms with Gasteiger partial charge in [0.2, 0.25) is 15.9 Å². The number of nitrogens with one attached hydrogen (secondary N) is 1. The van der Waals surface area contributed by atoms with Gasteiger partial charge in [0.25, 0.3) is 0 Å². The first-order chi connectivity index (χ1) is 10.7. The van der Waals surface area contributed by atoms with Crippen molar-refractivity contribution in [2.45, 2.75) is 36.6 Å². The number of aromatic nitrogens is 1. The molecule has 23 heavy (non-hydrogen) atoms. The van der Waals surface area contributed by atoms with E-state index in [0.29, 0.717) is 12.8 Å². The zero-order valence-electron chi connectivity index (χ0n) is 13.1. The Morgan fingerprint density at radius 1 is 1.43 bits per heavy atom. The van der Waals surface area contributed by atoms with Crippen LogP contribution in [0.1, 0.15) is 25.7 Å². The summed E-state index contributed by atoms with van der Waals surface area (Å²) < 4.78 is 27.6. The van der Waals surface area contributed by atoms with Crippen LogP contribution in [-0.2, 0) is 14.8 Å². The van der Waals surface area contributed by atoms with Crippen molar-refractivity contribution in [3.8, 4) is 0 Å². The summed E-state index contributed by atoms with van der Waals surface area (Å²) in [5.41, 5.74) is 5.65. The minimum atomic E-state index is -3.83. The molecule has 0 aromatic carbocycles. The zero-order chi connectivity index (χ0) is 17.2. The van der Waals surface area contributed by atoms with Crippen LogP contribution in [0.3, 0.4) is 0 Å². The van der Waals surface area contributed by atoms with E-state index in [0.717, 1.165) is 12.8 Å². The molecule has 1 saturated carbocycles. The number of rotatable bonds is 4. The number of nitrogens with two attached hydrogens (primary N) is 1. The number of anilines is 1. The van der Waals surface area contributed by atoms with E-state index in [-0.39, 0.29) is 33.6 Å². The van der Waals surface area contributed by atoms with Gasteiger partial charge in [0.1, 0.15) is 10.7 Å². The molecule has 0 spiro atoms. The number of nitrogens with zero attached hydrogens (tertiary/aromatic N) is 2. The Labute approximate surface area is 141 Å². The predicted molar refractivity (Wildman–Crippen MR) is 88.4 cm³/mol. The van der Waals surface area contributed by atoms with Gasteiger partial charge in [0, 0.05) is 32.3 Å². The maximum Gasteiger partial charge on any atom is 0.244 e. The van der Waals surface area contributed by atoms with Crippen molar-refractivity contribution in [2.75, 3.05) is 19.8 Å². The fourth-order valence-corrected chi connectivity index (χ4v) is 4.43. The molecule has 2 atom stereocenters. The Bertz CT molecular complexity index is 693. The van der Waals surface area contributed by atoms with Crippen molar-refractivity contribution in [3.05, 3.63) is 17.3 Å². The monoisotopic (exact) mass is 360 g/mol. The molecule has 2 unspecified atom stereocenters. The third-order valence-electron chi connectivity index (χ3n) is 3.92. The molecule has 1 aromatic rings. The Hall–Kier alpha value is -1.38. The normalized spacial score (nSPS) is 21.9. The van der Waals surface area contributed by atoms with Crippen LogP contribution in [0.15, 0.2) is 17.2 Å². The molecule has 2 rings (SSSR count). The quantitative estimate of drug-likeness (QED) is 0.840. The van der Waals surface area contributed by atoms with Crippen LogP contribution >= 0.6 is 11.6 Å². The van der Waals surface area contributed by atoms with Crippen molar-refractivity contribution >= 4 is 33.3 Å². The zero-order valence-corrected chi connectivity index (χ0v) is 14.7. The number of pyridine rings is 1. The van der Waals surface area contributed by atoms with E-state index < -0.39 is 10.0 Å². The van der Waals surface area contributed by atoms with E-state index >= 15 is 0 Å². The fraction of sp³-hybridized carbons (Fsp3) is 0.571. The SMILES string of the molecule is CN(C)C(=O)C1CCCC(NS(=O)(=O)c2cc(Cl)cnc2N)C1. The average Bonchev–Trinajstić information content (AvgIpc) is 2.48. The fourth-order valence-electron chi connectivity index (χ4n) is 2.82. The molecule has 7 nitrogen and oxygen atoms in total. The van der Waals surface area contributed by atoms with Crippen LogP contribution in [0, 0.1) is 5.92 Å². The van der Waals surface area contributed by atoms with Gasteiger partial charge in [-0.25, -0.2) is 18.1 Å². The summed E-state index contributed by atoms with van der Waals surface area (Å²) in [6.07, 6.45) is 4.02. The van der Waals surface area contributed by atoms with Gasteiger partial charge in [-0.15, -0.1) is 0 Å². The molecule has 1 aromatic heterocycles. The first-order valence-electron chi connectivity index (χ1n) is 7.35. The lowest BCUT2D eigenvalue weighted by atomic mass is 9.85. The van der Waals surface area contributed by atoms with Gasteiger partial charge >= 0.3 is 0 Å². The molecule has 1 aliphatic carbocycles. The third-order valence-corrected chi connectivity index (χ3v) is 5.68. The molecule has 1 amide bonds. The summed E-state index contributed by atoms with van der Waals surface area (Å²) in [4.78, 5) is 17.3. The highest BCUT2D eigenvalue weighted by Crippen LogP contribution is 2.28. The molecular weight excluding hydrogens is 340 g/mol.